The number of ether oxygens (including phenoxy) is 1. The molecule has 0 bridgehead atoms. The number of aliphatic hydroxyl groups excluding tert-OH is 2. The van der Waals surface area contributed by atoms with Gasteiger partial charge < -0.3 is 25.6 Å². The van der Waals surface area contributed by atoms with Crippen molar-refractivity contribution < 1.29 is 19.7 Å². The molecular weight excluding hydrogens is 291 g/mol. The predicted octanol–water partition coefficient (Wildman–Crippen LogP) is 0.285. The van der Waals surface area contributed by atoms with Crippen LogP contribution >= 0.6 is 6.89 Å². The molecule has 0 saturated carbocycles. The molecule has 0 radical (unpaired) electrons. The summed E-state index contributed by atoms with van der Waals surface area (Å²) in [6.45, 7) is 6.77. The summed E-state index contributed by atoms with van der Waals surface area (Å²) in [4.78, 5) is 11.2. The van der Waals surface area contributed by atoms with Crippen LogP contribution in [0.5, 0.6) is 0 Å². The van der Waals surface area contributed by atoms with Crippen molar-refractivity contribution in [3.8, 4) is 0 Å². The second-order valence-corrected chi connectivity index (χ2v) is 10.5. The van der Waals surface area contributed by atoms with E-state index < -0.39 is 31.3 Å². The average Bonchev–Trinajstić information content (AvgIpc) is 2.64. The Kier molecular flexibility index (Phi) is 4.63. The van der Waals surface area contributed by atoms with Gasteiger partial charge >= 0.3 is 6.03 Å². The minimum Gasteiger partial charge on any atom is -0.388 e. The largest absolute Gasteiger partial charge is 0.388 e. The minimum absolute atomic E-state index is 0.376. The number of aliphatic hydroxyl groups is 2. The predicted molar refractivity (Wildman–Crippen MR) is 84.9 cm³/mol. The fraction of sp³-hybridized carbons (Fsp3) is 0.571. The van der Waals surface area contributed by atoms with Crippen LogP contribution in [0.4, 0.5) is 4.79 Å². The first-order chi connectivity index (χ1) is 9.69. The molecular formula is C14H23N2O4P. The normalized spacial score (nSPS) is 33.4. The molecule has 2 heterocycles. The number of hydrogen-bond donors (Lipinski definition) is 4. The van der Waals surface area contributed by atoms with Crippen LogP contribution in [0.15, 0.2) is 24.0 Å². The maximum absolute atomic E-state index is 11.2. The Bertz CT molecular complexity index is 525. The highest BCUT2D eigenvalue weighted by atomic mass is 31.2. The van der Waals surface area contributed by atoms with Gasteiger partial charge in [-0.05, 0) is 25.9 Å². The lowest BCUT2D eigenvalue weighted by Crippen LogP contribution is -2.41. The average molecular weight is 314 g/mol. The highest BCUT2D eigenvalue weighted by molar-refractivity contribution is 7.72. The van der Waals surface area contributed by atoms with Crippen LogP contribution in [0, 0.1) is 0 Å². The molecule has 4 atom stereocenters. The Morgan fingerprint density at radius 1 is 1.38 bits per heavy atom. The number of urea groups is 1. The van der Waals surface area contributed by atoms with Gasteiger partial charge in [-0.3, -0.25) is 0 Å². The van der Waals surface area contributed by atoms with Crippen LogP contribution in [-0.4, -0.2) is 66.5 Å². The molecule has 4 N–H and O–H groups in total. The van der Waals surface area contributed by atoms with Crippen LogP contribution in [0.25, 0.3) is 0 Å². The van der Waals surface area contributed by atoms with Crippen molar-refractivity contribution >= 4 is 19.2 Å². The maximum Gasteiger partial charge on any atom is 0.323 e. The smallest absolute Gasteiger partial charge is 0.323 e. The molecule has 0 aromatic rings. The van der Waals surface area contributed by atoms with Gasteiger partial charge in [-0.2, -0.15) is 0 Å². The summed E-state index contributed by atoms with van der Waals surface area (Å²) in [5, 5.41) is 25.4. The van der Waals surface area contributed by atoms with E-state index in [0.717, 1.165) is 6.16 Å². The van der Waals surface area contributed by atoms with E-state index in [9.17, 15) is 15.0 Å². The molecule has 0 spiro atoms. The van der Waals surface area contributed by atoms with Gasteiger partial charge in [-0.1, -0.05) is 6.58 Å². The second-order valence-electron chi connectivity index (χ2n) is 6.20. The van der Waals surface area contributed by atoms with Gasteiger partial charge in [0.05, 0.1) is 6.10 Å². The highest BCUT2D eigenvalue weighted by Crippen LogP contribution is 2.39. The molecule has 1 saturated heterocycles. The van der Waals surface area contributed by atoms with Crippen LogP contribution in [0.1, 0.15) is 6.42 Å². The van der Waals surface area contributed by atoms with Crippen molar-refractivity contribution in [1.29, 1.82) is 0 Å². The van der Waals surface area contributed by atoms with Crippen molar-refractivity contribution in [1.82, 2.24) is 10.6 Å². The van der Waals surface area contributed by atoms with E-state index in [1.165, 1.54) is 6.20 Å². The summed E-state index contributed by atoms with van der Waals surface area (Å²) in [6.07, 6.45) is 4.00. The van der Waals surface area contributed by atoms with Crippen LogP contribution in [0.2, 0.25) is 0 Å². The fourth-order valence-corrected chi connectivity index (χ4v) is 3.40. The van der Waals surface area contributed by atoms with E-state index in [2.05, 4.69) is 36.8 Å². The molecule has 2 amide bonds. The monoisotopic (exact) mass is 314 g/mol. The van der Waals surface area contributed by atoms with Gasteiger partial charge in [0.2, 0.25) is 0 Å². The van der Waals surface area contributed by atoms with Gasteiger partial charge in [-0.15, -0.1) is 13.2 Å². The third-order valence-electron chi connectivity index (χ3n) is 3.66. The first-order valence-corrected chi connectivity index (χ1v) is 9.90. The summed E-state index contributed by atoms with van der Waals surface area (Å²) < 4.78 is 5.80. The first-order valence-electron chi connectivity index (χ1n) is 6.85. The number of nitrogens with one attached hydrogen (secondary N) is 2. The number of hydrogen-bond acceptors (Lipinski definition) is 4. The zero-order valence-electron chi connectivity index (χ0n) is 12.4. The molecule has 0 aromatic carbocycles. The lowest BCUT2D eigenvalue weighted by atomic mass is 9.99. The van der Waals surface area contributed by atoms with Gasteiger partial charge in [-0.25, -0.2) is 4.79 Å². The van der Waals surface area contributed by atoms with E-state index in [0.29, 0.717) is 17.7 Å². The summed E-state index contributed by atoms with van der Waals surface area (Å²) in [5.41, 5.74) is 0.924. The fourth-order valence-electron chi connectivity index (χ4n) is 2.45. The molecule has 0 aromatic heterocycles. The highest BCUT2D eigenvalue weighted by Gasteiger charge is 2.45. The van der Waals surface area contributed by atoms with Gasteiger partial charge in [0.15, 0.2) is 0 Å². The summed E-state index contributed by atoms with van der Waals surface area (Å²) >= 11 is 0. The van der Waals surface area contributed by atoms with Crippen LogP contribution in [0.3, 0.4) is 0 Å². The van der Waals surface area contributed by atoms with Crippen molar-refractivity contribution in [2.45, 2.75) is 30.8 Å². The number of carbonyl (C=O) groups excluding carboxylic acids is 1. The second kappa shape index (κ2) is 5.97. The molecule has 2 aliphatic heterocycles. The van der Waals surface area contributed by atoms with E-state index in [-0.39, 0.29) is 6.03 Å². The molecule has 1 fully saturated rings. The molecule has 2 aliphatic rings. The Hall–Kier alpha value is -1.07. The van der Waals surface area contributed by atoms with Crippen molar-refractivity contribution in [3.05, 3.63) is 24.0 Å². The quantitative estimate of drug-likeness (QED) is 0.561. The maximum atomic E-state index is 11.2. The van der Waals surface area contributed by atoms with Crippen LogP contribution in [-0.2, 0) is 4.74 Å². The molecule has 118 valence electrons. The lowest BCUT2D eigenvalue weighted by molar-refractivity contribution is 0.0188. The van der Waals surface area contributed by atoms with E-state index in [4.69, 9.17) is 4.74 Å². The molecule has 21 heavy (non-hydrogen) atoms. The van der Waals surface area contributed by atoms with E-state index in [1.54, 1.807) is 0 Å². The number of amides is 2. The minimum atomic E-state index is -1.21. The van der Waals surface area contributed by atoms with E-state index >= 15 is 0 Å². The summed E-state index contributed by atoms with van der Waals surface area (Å²) in [6, 6.07) is -0.378. The van der Waals surface area contributed by atoms with Crippen molar-refractivity contribution in [2.75, 3.05) is 19.5 Å². The molecule has 6 nitrogen and oxygen atoms in total. The molecule has 2 rings (SSSR count). The molecule has 2 unspecified atom stereocenters. The van der Waals surface area contributed by atoms with Crippen LogP contribution < -0.4 is 10.6 Å². The summed E-state index contributed by atoms with van der Waals surface area (Å²) in [5.74, 6) is 0. The molecule has 0 aliphatic carbocycles. The van der Waals surface area contributed by atoms with E-state index in [1.807, 2.05) is 0 Å². The topological polar surface area (TPSA) is 90.8 Å². The Labute approximate surface area is 124 Å². The standard InChI is InChI=1S/C14H23N2O4P/c1-8-9(7-15-14(19)16-8)13-12(18)11(17)10(20-13)5-6-21(2,3)4/h7,10-13,17-18H,1-2,5-6H2,3-4H3,(H2,15,16,19)/t10?,11-,12-,13?/m1/s1. The number of rotatable bonds is 4. The Morgan fingerprint density at radius 3 is 2.62 bits per heavy atom. The summed E-state index contributed by atoms with van der Waals surface area (Å²) in [7, 11) is 0. The Morgan fingerprint density at radius 2 is 2.05 bits per heavy atom. The first kappa shape index (κ1) is 16.3. The SMILES string of the molecule is C=C1NC(=O)NC=C1C1OC(CCP(=C)(C)C)[C@@H](O)[C@H]1O. The molecule has 7 heteroatoms. The van der Waals surface area contributed by atoms with Gasteiger partial charge in [0.25, 0.3) is 0 Å². The Balaban J connectivity index is 2.08. The number of carbonyl (C=O) groups is 1. The van der Waals surface area contributed by atoms with Crippen molar-refractivity contribution in [3.63, 3.8) is 0 Å². The van der Waals surface area contributed by atoms with Crippen molar-refractivity contribution in [2.24, 2.45) is 0 Å². The zero-order valence-corrected chi connectivity index (χ0v) is 13.3. The third-order valence-corrected chi connectivity index (χ3v) is 5.13. The van der Waals surface area contributed by atoms with Gasteiger partial charge in [0.1, 0.15) is 18.3 Å². The third kappa shape index (κ3) is 3.77. The zero-order chi connectivity index (χ0) is 15.8. The van der Waals surface area contributed by atoms with Gasteiger partial charge in [0, 0.05) is 17.5 Å². The lowest BCUT2D eigenvalue weighted by Gasteiger charge is -2.24.